The van der Waals surface area contributed by atoms with E-state index in [1.807, 2.05) is 53.2 Å². The highest BCUT2D eigenvalue weighted by atomic mass is 35.5. The maximum atomic E-state index is 14.9. The molecule has 0 spiro atoms. The van der Waals surface area contributed by atoms with Gasteiger partial charge in [0.25, 0.3) is 5.91 Å². The molecule has 356 valence electrons. The third-order valence-corrected chi connectivity index (χ3v) is 15.0. The standard InChI is InChI=1S/C51H63ClFN9O5/c1-59-45(26-33-12-13-33)41(29-55-59)47-43(52)30-54-50(58-47)56-37-14-16-38(17-15-37)61(51(66)67-32-34-10-6-5-7-11-34)23-9-4-2-3-8-22-60-24-20-35(21-25-60)39-27-36(53)28-40-42(39)31-62(49(40)65)44-18-19-46(63)57-48(44)64/h5-7,10-11,27-30,33,35,37-38,44H,2-4,8-9,12-26,31-32H2,1H3,(H,54,56,58)(H,57,63,64). The van der Waals surface area contributed by atoms with Crippen molar-refractivity contribution in [2.24, 2.45) is 13.0 Å². The van der Waals surface area contributed by atoms with Crippen LogP contribution in [0.5, 0.6) is 0 Å². The third kappa shape index (κ3) is 11.3. The molecule has 5 heterocycles. The third-order valence-electron chi connectivity index (χ3n) is 14.7. The summed E-state index contributed by atoms with van der Waals surface area (Å²) >= 11 is 6.66. The number of rotatable bonds is 18. The van der Waals surface area contributed by atoms with Gasteiger partial charge in [-0.2, -0.15) is 5.10 Å². The van der Waals surface area contributed by atoms with Gasteiger partial charge in [-0.1, -0.05) is 61.2 Å². The van der Waals surface area contributed by atoms with Gasteiger partial charge < -0.3 is 24.8 Å². The zero-order chi connectivity index (χ0) is 46.4. The van der Waals surface area contributed by atoms with Gasteiger partial charge in [0.2, 0.25) is 17.8 Å². The highest BCUT2D eigenvalue weighted by Crippen LogP contribution is 2.39. The lowest BCUT2D eigenvalue weighted by Gasteiger charge is -2.36. The Bertz CT molecular complexity index is 2410. The number of unbranched alkanes of at least 4 members (excludes halogenated alkanes) is 4. The largest absolute Gasteiger partial charge is 0.445 e. The smallest absolute Gasteiger partial charge is 0.410 e. The van der Waals surface area contributed by atoms with Crippen molar-refractivity contribution < 1.29 is 28.3 Å². The molecule has 1 atom stereocenters. The molecule has 4 aromatic rings. The van der Waals surface area contributed by atoms with Crippen LogP contribution < -0.4 is 10.6 Å². The summed E-state index contributed by atoms with van der Waals surface area (Å²) in [7, 11) is 1.97. The highest BCUT2D eigenvalue weighted by Gasteiger charge is 2.41. The van der Waals surface area contributed by atoms with E-state index in [1.165, 1.54) is 23.8 Å². The molecule has 2 N–H and O–H groups in total. The number of carbonyl (C=O) groups excluding carboxylic acids is 4. The zero-order valence-corrected chi connectivity index (χ0v) is 39.3. The summed E-state index contributed by atoms with van der Waals surface area (Å²) in [5.41, 5.74) is 5.82. The number of benzene rings is 2. The average Bonchev–Trinajstić information content (AvgIpc) is 4.01. The van der Waals surface area contributed by atoms with Gasteiger partial charge in [0.15, 0.2) is 0 Å². The molecule has 2 aliphatic carbocycles. The van der Waals surface area contributed by atoms with Crippen molar-refractivity contribution in [3.05, 3.63) is 93.6 Å². The van der Waals surface area contributed by atoms with E-state index in [0.717, 1.165) is 125 Å². The van der Waals surface area contributed by atoms with Gasteiger partial charge in [-0.25, -0.2) is 19.2 Å². The summed E-state index contributed by atoms with van der Waals surface area (Å²) in [6, 6.07) is 12.2. The maximum Gasteiger partial charge on any atom is 0.410 e. The number of ether oxygens (including phenoxy) is 1. The van der Waals surface area contributed by atoms with Crippen molar-refractivity contribution in [3.63, 3.8) is 0 Å². The summed E-state index contributed by atoms with van der Waals surface area (Å²) < 4.78 is 22.8. The van der Waals surface area contributed by atoms with Crippen LogP contribution in [0.4, 0.5) is 15.1 Å². The summed E-state index contributed by atoms with van der Waals surface area (Å²) in [6.45, 7) is 3.96. The molecule has 5 aliphatic rings. The van der Waals surface area contributed by atoms with Crippen LogP contribution in [0.25, 0.3) is 11.3 Å². The van der Waals surface area contributed by atoms with Crippen molar-refractivity contribution >= 4 is 41.4 Å². The molecule has 2 saturated carbocycles. The molecule has 4 amide bonds. The van der Waals surface area contributed by atoms with Gasteiger partial charge in [0.05, 0.1) is 23.1 Å². The Morgan fingerprint density at radius 3 is 2.45 bits per heavy atom. The second kappa shape index (κ2) is 21.3. The number of hydrogen-bond acceptors (Lipinski definition) is 10. The first kappa shape index (κ1) is 46.7. The van der Waals surface area contributed by atoms with Crippen molar-refractivity contribution in [3.8, 4) is 11.3 Å². The molecule has 2 saturated heterocycles. The minimum absolute atomic E-state index is 0.0875. The summed E-state index contributed by atoms with van der Waals surface area (Å²) in [5, 5.41) is 11.0. The number of likely N-dealkylation sites (tertiary alicyclic amines) is 1. The fourth-order valence-corrected chi connectivity index (χ4v) is 10.9. The Balaban J connectivity index is 0.724. The number of halogens is 2. The lowest BCUT2D eigenvalue weighted by Crippen LogP contribution is -2.52. The average molecular weight is 937 g/mol. The predicted octanol–water partition coefficient (Wildman–Crippen LogP) is 8.58. The molecule has 2 aromatic heterocycles. The Morgan fingerprint density at radius 1 is 0.925 bits per heavy atom. The van der Waals surface area contributed by atoms with E-state index < -0.39 is 17.8 Å². The first-order valence-electron chi connectivity index (χ1n) is 24.5. The fourth-order valence-electron chi connectivity index (χ4n) is 10.7. The Hall–Kier alpha value is -5.41. The molecule has 1 unspecified atom stereocenters. The van der Waals surface area contributed by atoms with E-state index in [0.29, 0.717) is 34.7 Å². The van der Waals surface area contributed by atoms with Gasteiger partial charge in [0.1, 0.15) is 18.5 Å². The van der Waals surface area contributed by atoms with Crippen LogP contribution in [0.15, 0.2) is 54.9 Å². The SMILES string of the molecule is Cn1ncc(-c2nc(NC3CCC(N(CCCCCCCN4CCC(c5cc(F)cc6c5CN(C5CCC(=O)NC5=O)C6=O)CC4)C(=O)OCc4ccccc4)CC3)ncc2Cl)c1CC1CC1. The number of amides is 4. The molecule has 67 heavy (non-hydrogen) atoms. The topological polar surface area (TPSA) is 155 Å². The highest BCUT2D eigenvalue weighted by molar-refractivity contribution is 6.33. The molecular weight excluding hydrogens is 873 g/mol. The maximum absolute atomic E-state index is 14.9. The molecule has 2 aromatic carbocycles. The zero-order valence-electron chi connectivity index (χ0n) is 38.6. The van der Waals surface area contributed by atoms with Crippen molar-refractivity contribution in [1.82, 2.24) is 39.8 Å². The predicted molar refractivity (Wildman–Crippen MR) is 253 cm³/mol. The molecule has 0 bridgehead atoms. The van der Waals surface area contributed by atoms with Gasteiger partial charge >= 0.3 is 6.09 Å². The summed E-state index contributed by atoms with van der Waals surface area (Å²) in [6.07, 6.45) is 17.6. The molecule has 14 nitrogen and oxygen atoms in total. The van der Waals surface area contributed by atoms with Crippen LogP contribution in [0.1, 0.15) is 135 Å². The van der Waals surface area contributed by atoms with Crippen LogP contribution >= 0.6 is 11.6 Å². The van der Waals surface area contributed by atoms with E-state index >= 15 is 0 Å². The number of aromatic nitrogens is 4. The van der Waals surface area contributed by atoms with E-state index in [2.05, 4.69) is 25.6 Å². The lowest BCUT2D eigenvalue weighted by molar-refractivity contribution is -0.136. The first-order valence-corrected chi connectivity index (χ1v) is 24.9. The molecule has 9 rings (SSSR count). The summed E-state index contributed by atoms with van der Waals surface area (Å²) in [4.78, 5) is 66.8. The molecular formula is C51H63ClFN9O5. The minimum Gasteiger partial charge on any atom is -0.445 e. The number of fused-ring (bicyclic) bond motifs is 1. The van der Waals surface area contributed by atoms with Crippen LogP contribution in [-0.4, -0.2) is 103 Å². The molecule has 16 heteroatoms. The number of carbonyl (C=O) groups is 4. The number of hydrogen-bond donors (Lipinski definition) is 2. The number of imide groups is 1. The van der Waals surface area contributed by atoms with E-state index in [9.17, 15) is 23.6 Å². The fraction of sp³-hybridized carbons (Fsp3) is 0.549. The van der Waals surface area contributed by atoms with Crippen molar-refractivity contribution in [2.45, 2.75) is 140 Å². The van der Waals surface area contributed by atoms with Gasteiger partial charge in [-0.05, 0) is 137 Å². The molecule has 3 aliphatic heterocycles. The quantitative estimate of drug-likeness (QED) is 0.0733. The number of nitrogens with zero attached hydrogens (tertiary/aromatic N) is 7. The Kier molecular flexibility index (Phi) is 14.8. The van der Waals surface area contributed by atoms with E-state index in [1.54, 1.807) is 12.3 Å². The van der Waals surface area contributed by atoms with Crippen molar-refractivity contribution in [1.29, 1.82) is 0 Å². The van der Waals surface area contributed by atoms with Crippen LogP contribution in [0.3, 0.4) is 0 Å². The summed E-state index contributed by atoms with van der Waals surface area (Å²) in [5.74, 6) is -0.169. The second-order valence-electron chi connectivity index (χ2n) is 19.4. The van der Waals surface area contributed by atoms with Crippen LogP contribution in [0, 0.1) is 11.7 Å². The number of aryl methyl sites for hydroxylation is 1. The minimum atomic E-state index is -0.722. The van der Waals surface area contributed by atoms with E-state index in [4.69, 9.17) is 21.3 Å². The Morgan fingerprint density at radius 2 is 1.69 bits per heavy atom. The van der Waals surface area contributed by atoms with E-state index in [-0.39, 0.29) is 61.9 Å². The van der Waals surface area contributed by atoms with Gasteiger partial charge in [-0.15, -0.1) is 0 Å². The van der Waals surface area contributed by atoms with Crippen molar-refractivity contribution in [2.75, 3.05) is 31.5 Å². The number of anilines is 1. The van der Waals surface area contributed by atoms with Gasteiger partial charge in [0, 0.05) is 55.5 Å². The molecule has 0 radical (unpaired) electrons. The molecule has 4 fully saturated rings. The number of nitrogens with one attached hydrogen (secondary N) is 2. The second-order valence-corrected chi connectivity index (χ2v) is 19.8. The number of piperidine rings is 2. The van der Waals surface area contributed by atoms with Gasteiger partial charge in [-0.3, -0.25) is 24.4 Å². The normalized spacial score (nSPS) is 21.3. The lowest BCUT2D eigenvalue weighted by atomic mass is 9.85. The van der Waals surface area contributed by atoms with Crippen LogP contribution in [0.2, 0.25) is 5.02 Å². The van der Waals surface area contributed by atoms with Crippen LogP contribution in [-0.2, 0) is 40.9 Å². The first-order chi connectivity index (χ1) is 32.6. The Labute approximate surface area is 397 Å². The monoisotopic (exact) mass is 935 g/mol.